The number of fused-ring (bicyclic) bond motifs is 1. The average molecular weight is 415 g/mol. The predicted molar refractivity (Wildman–Crippen MR) is 107 cm³/mol. The number of nitrogens with one attached hydrogen (secondary N) is 1. The standard InChI is InChI=1S/C23H20F3NO3/c24-23(25,26)12-6-11-18-13-16-9-4-5-10-17(16)14-19(18)20(22(29)30)27-21(28)15-7-2-1-3-8-15/h1-5,7-10,13-14,20H,6,11-12H2,(H,27,28)(H,29,30). The number of carboxylic acid groups (broad SMARTS) is 1. The number of alkyl halides is 3. The van der Waals surface area contributed by atoms with E-state index in [0.29, 0.717) is 11.1 Å². The number of hydrogen-bond donors (Lipinski definition) is 2. The summed E-state index contributed by atoms with van der Waals surface area (Å²) in [7, 11) is 0. The van der Waals surface area contributed by atoms with E-state index in [1.165, 1.54) is 0 Å². The van der Waals surface area contributed by atoms with Crippen LogP contribution in [0.3, 0.4) is 0 Å². The Balaban J connectivity index is 1.97. The molecule has 3 aromatic rings. The Morgan fingerprint density at radius 2 is 1.53 bits per heavy atom. The molecule has 0 saturated carbocycles. The van der Waals surface area contributed by atoms with Gasteiger partial charge in [-0.25, -0.2) is 4.79 Å². The second-order valence-corrected chi connectivity index (χ2v) is 6.98. The molecule has 0 heterocycles. The highest BCUT2D eigenvalue weighted by atomic mass is 19.4. The van der Waals surface area contributed by atoms with E-state index in [1.54, 1.807) is 60.7 Å². The number of hydrogen-bond acceptors (Lipinski definition) is 2. The minimum atomic E-state index is -4.29. The molecule has 0 bridgehead atoms. The third-order valence-electron chi connectivity index (χ3n) is 4.78. The number of amides is 1. The van der Waals surface area contributed by atoms with Gasteiger partial charge in [0.1, 0.15) is 0 Å². The summed E-state index contributed by atoms with van der Waals surface area (Å²) in [6.45, 7) is 0. The van der Waals surface area contributed by atoms with Crippen molar-refractivity contribution in [1.82, 2.24) is 5.32 Å². The van der Waals surface area contributed by atoms with E-state index in [1.807, 2.05) is 6.07 Å². The van der Waals surface area contributed by atoms with Gasteiger partial charge in [-0.3, -0.25) is 4.79 Å². The summed E-state index contributed by atoms with van der Waals surface area (Å²) in [5, 5.41) is 13.8. The highest BCUT2D eigenvalue weighted by Crippen LogP contribution is 2.29. The van der Waals surface area contributed by atoms with E-state index in [2.05, 4.69) is 5.32 Å². The van der Waals surface area contributed by atoms with Crippen LogP contribution in [0.5, 0.6) is 0 Å². The van der Waals surface area contributed by atoms with Gasteiger partial charge in [0.05, 0.1) is 0 Å². The van der Waals surface area contributed by atoms with Crippen LogP contribution >= 0.6 is 0 Å². The first-order valence-corrected chi connectivity index (χ1v) is 9.41. The average Bonchev–Trinajstić information content (AvgIpc) is 2.71. The number of aryl methyl sites for hydroxylation is 1. The first-order chi connectivity index (χ1) is 14.2. The Morgan fingerprint density at radius 1 is 0.933 bits per heavy atom. The number of carbonyl (C=O) groups is 2. The van der Waals surface area contributed by atoms with Crippen LogP contribution in [0.4, 0.5) is 13.2 Å². The van der Waals surface area contributed by atoms with E-state index in [-0.39, 0.29) is 18.4 Å². The maximum absolute atomic E-state index is 12.6. The first kappa shape index (κ1) is 21.4. The topological polar surface area (TPSA) is 66.4 Å². The molecule has 0 aromatic heterocycles. The van der Waals surface area contributed by atoms with Gasteiger partial charge < -0.3 is 10.4 Å². The zero-order valence-corrected chi connectivity index (χ0v) is 15.9. The maximum Gasteiger partial charge on any atom is 0.389 e. The molecule has 1 amide bonds. The van der Waals surface area contributed by atoms with Crippen molar-refractivity contribution in [2.24, 2.45) is 0 Å². The van der Waals surface area contributed by atoms with Crippen molar-refractivity contribution < 1.29 is 27.9 Å². The van der Waals surface area contributed by atoms with E-state index in [4.69, 9.17) is 0 Å². The lowest BCUT2D eigenvalue weighted by atomic mass is 9.92. The first-order valence-electron chi connectivity index (χ1n) is 9.41. The summed E-state index contributed by atoms with van der Waals surface area (Å²) < 4.78 is 37.8. The Bertz CT molecular complexity index is 1050. The second-order valence-electron chi connectivity index (χ2n) is 6.98. The third kappa shape index (κ3) is 5.37. The number of carboxylic acids is 1. The lowest BCUT2D eigenvalue weighted by molar-refractivity contribution is -0.139. The number of benzene rings is 3. The molecule has 4 nitrogen and oxygen atoms in total. The van der Waals surface area contributed by atoms with Gasteiger partial charge in [-0.2, -0.15) is 13.2 Å². The van der Waals surface area contributed by atoms with Gasteiger partial charge >= 0.3 is 12.1 Å². The molecular formula is C23H20F3NO3. The monoisotopic (exact) mass is 415 g/mol. The lowest BCUT2D eigenvalue weighted by Crippen LogP contribution is -2.34. The number of carbonyl (C=O) groups excluding carboxylic acids is 1. The molecule has 0 aliphatic heterocycles. The van der Waals surface area contributed by atoms with Crippen LogP contribution in [-0.2, 0) is 11.2 Å². The van der Waals surface area contributed by atoms with Crippen LogP contribution in [0.15, 0.2) is 66.7 Å². The van der Waals surface area contributed by atoms with Crippen molar-refractivity contribution in [2.75, 3.05) is 0 Å². The fourth-order valence-electron chi connectivity index (χ4n) is 3.35. The molecule has 1 atom stereocenters. The van der Waals surface area contributed by atoms with Crippen LogP contribution in [0, 0.1) is 0 Å². The number of aliphatic carboxylic acids is 1. The lowest BCUT2D eigenvalue weighted by Gasteiger charge is -2.20. The number of halogens is 3. The summed E-state index contributed by atoms with van der Waals surface area (Å²) >= 11 is 0. The minimum Gasteiger partial charge on any atom is -0.479 e. The Hall–Kier alpha value is -3.35. The normalized spacial score (nSPS) is 12.5. The second kappa shape index (κ2) is 8.98. The molecule has 0 aliphatic rings. The van der Waals surface area contributed by atoms with E-state index in [9.17, 15) is 27.9 Å². The molecule has 7 heteroatoms. The molecule has 0 fully saturated rings. The summed E-state index contributed by atoms with van der Waals surface area (Å²) in [5.74, 6) is -1.86. The van der Waals surface area contributed by atoms with Crippen molar-refractivity contribution in [1.29, 1.82) is 0 Å². The van der Waals surface area contributed by atoms with Crippen LogP contribution in [0.25, 0.3) is 10.8 Å². The highest BCUT2D eigenvalue weighted by molar-refractivity contribution is 5.97. The van der Waals surface area contributed by atoms with E-state index in [0.717, 1.165) is 10.8 Å². The molecule has 0 spiro atoms. The molecule has 156 valence electrons. The fourth-order valence-corrected chi connectivity index (χ4v) is 3.35. The predicted octanol–water partition coefficient (Wildman–Crippen LogP) is 5.28. The maximum atomic E-state index is 12.6. The van der Waals surface area contributed by atoms with Gasteiger partial charge in [0, 0.05) is 12.0 Å². The van der Waals surface area contributed by atoms with Crippen LogP contribution in [0.2, 0.25) is 0 Å². The Kier molecular flexibility index (Phi) is 6.40. The molecule has 3 rings (SSSR count). The smallest absolute Gasteiger partial charge is 0.389 e. The van der Waals surface area contributed by atoms with Crippen molar-refractivity contribution in [3.05, 3.63) is 83.4 Å². The van der Waals surface area contributed by atoms with Crippen molar-refractivity contribution >= 4 is 22.6 Å². The molecule has 0 aliphatic carbocycles. The van der Waals surface area contributed by atoms with Gasteiger partial charge in [-0.1, -0.05) is 48.5 Å². The van der Waals surface area contributed by atoms with Gasteiger partial charge in [-0.05, 0) is 52.9 Å². The fraction of sp³-hybridized carbons (Fsp3) is 0.217. The van der Waals surface area contributed by atoms with Gasteiger partial charge in [0.15, 0.2) is 6.04 Å². The minimum absolute atomic E-state index is 0.0463. The molecule has 2 N–H and O–H groups in total. The van der Waals surface area contributed by atoms with Crippen LogP contribution in [0.1, 0.15) is 40.4 Å². The molecule has 3 aromatic carbocycles. The third-order valence-corrected chi connectivity index (χ3v) is 4.78. The Morgan fingerprint density at radius 3 is 2.13 bits per heavy atom. The SMILES string of the molecule is O=C(NC(C(=O)O)c1cc2ccccc2cc1CCCC(F)(F)F)c1ccccc1. The zero-order valence-electron chi connectivity index (χ0n) is 15.9. The number of rotatable bonds is 7. The van der Waals surface area contributed by atoms with Crippen molar-refractivity contribution in [3.8, 4) is 0 Å². The molecule has 1 unspecified atom stereocenters. The van der Waals surface area contributed by atoms with Gasteiger partial charge in [0.2, 0.25) is 0 Å². The molecule has 0 radical (unpaired) electrons. The quantitative estimate of drug-likeness (QED) is 0.552. The summed E-state index contributed by atoms with van der Waals surface area (Å²) in [4.78, 5) is 24.5. The summed E-state index contributed by atoms with van der Waals surface area (Å²) in [6.07, 6.45) is -5.38. The van der Waals surface area contributed by atoms with E-state index < -0.39 is 30.5 Å². The largest absolute Gasteiger partial charge is 0.479 e. The van der Waals surface area contributed by atoms with Crippen LogP contribution in [-0.4, -0.2) is 23.2 Å². The summed E-state index contributed by atoms with van der Waals surface area (Å²) in [5.41, 5.74) is 1.05. The molecule has 30 heavy (non-hydrogen) atoms. The van der Waals surface area contributed by atoms with Crippen molar-refractivity contribution in [3.63, 3.8) is 0 Å². The van der Waals surface area contributed by atoms with Crippen LogP contribution < -0.4 is 5.32 Å². The zero-order chi connectivity index (χ0) is 21.7. The summed E-state index contributed by atoms with van der Waals surface area (Å²) in [6, 6.07) is 17.3. The molecule has 0 saturated heterocycles. The van der Waals surface area contributed by atoms with Crippen molar-refractivity contribution in [2.45, 2.75) is 31.5 Å². The van der Waals surface area contributed by atoms with Gasteiger partial charge in [-0.15, -0.1) is 0 Å². The highest BCUT2D eigenvalue weighted by Gasteiger charge is 2.28. The molecular weight excluding hydrogens is 395 g/mol. The van der Waals surface area contributed by atoms with E-state index >= 15 is 0 Å². The Labute approximate surface area is 171 Å². The van der Waals surface area contributed by atoms with Gasteiger partial charge in [0.25, 0.3) is 5.91 Å².